The van der Waals surface area contributed by atoms with E-state index >= 15 is 0 Å². The molecule has 1 aliphatic heterocycles. The zero-order valence-corrected chi connectivity index (χ0v) is 18.4. The minimum Gasteiger partial charge on any atom is -0.326 e. The molecule has 32 heavy (non-hydrogen) atoms. The molecular formula is C24H19ClFN3O2S. The Morgan fingerprint density at radius 2 is 1.81 bits per heavy atom. The van der Waals surface area contributed by atoms with Gasteiger partial charge in [0.2, 0.25) is 11.8 Å². The number of halogens is 2. The first-order valence-corrected chi connectivity index (χ1v) is 11.2. The van der Waals surface area contributed by atoms with Gasteiger partial charge in [-0.15, -0.1) is 0 Å². The molecule has 1 atom stereocenters. The standard InChI is InChI=1S/C24H19ClFN3O2S/c25-17-7-4-8-20(13-17)27-22(30)14-21-23(31)29(15-16-5-2-1-3-6-16)24(32-21)28-19-11-9-18(26)10-12-19/h1-13,21H,14-15H2,(H,27,30)/t21-/m1/s1. The van der Waals surface area contributed by atoms with E-state index in [2.05, 4.69) is 10.3 Å². The molecule has 1 aliphatic rings. The second-order valence-corrected chi connectivity index (χ2v) is 8.76. The molecule has 1 saturated heterocycles. The smallest absolute Gasteiger partial charge is 0.242 e. The van der Waals surface area contributed by atoms with Gasteiger partial charge in [-0.1, -0.05) is 59.8 Å². The van der Waals surface area contributed by atoms with Gasteiger partial charge < -0.3 is 5.32 Å². The number of benzene rings is 3. The van der Waals surface area contributed by atoms with Crippen LogP contribution in [-0.2, 0) is 16.1 Å². The molecule has 4 rings (SSSR count). The number of amides is 2. The molecule has 0 spiro atoms. The monoisotopic (exact) mass is 467 g/mol. The summed E-state index contributed by atoms with van der Waals surface area (Å²) in [7, 11) is 0. The first kappa shape index (κ1) is 22.0. The van der Waals surface area contributed by atoms with Crippen LogP contribution in [0, 0.1) is 5.82 Å². The Kier molecular flexibility index (Phi) is 6.87. The van der Waals surface area contributed by atoms with Crippen LogP contribution in [0.15, 0.2) is 83.9 Å². The minimum absolute atomic E-state index is 0.0102. The number of amidine groups is 1. The number of nitrogens with zero attached hydrogens (tertiary/aromatic N) is 2. The molecular weight excluding hydrogens is 449 g/mol. The molecule has 8 heteroatoms. The number of aliphatic imine (C=N–C) groups is 1. The number of hydrogen-bond acceptors (Lipinski definition) is 4. The molecule has 1 fully saturated rings. The van der Waals surface area contributed by atoms with Crippen LogP contribution < -0.4 is 5.32 Å². The van der Waals surface area contributed by atoms with Crippen molar-refractivity contribution in [3.63, 3.8) is 0 Å². The van der Waals surface area contributed by atoms with Gasteiger partial charge in [-0.2, -0.15) is 0 Å². The number of carbonyl (C=O) groups is 2. The Morgan fingerprint density at radius 3 is 2.53 bits per heavy atom. The second kappa shape index (κ2) is 9.97. The zero-order valence-electron chi connectivity index (χ0n) is 16.9. The van der Waals surface area contributed by atoms with Crippen LogP contribution in [0.25, 0.3) is 0 Å². The lowest BCUT2D eigenvalue weighted by atomic mass is 10.2. The summed E-state index contributed by atoms with van der Waals surface area (Å²) < 4.78 is 13.3. The highest BCUT2D eigenvalue weighted by Crippen LogP contribution is 2.33. The third kappa shape index (κ3) is 5.55. The summed E-state index contributed by atoms with van der Waals surface area (Å²) >= 11 is 7.20. The third-order valence-electron chi connectivity index (χ3n) is 4.73. The third-order valence-corrected chi connectivity index (χ3v) is 6.14. The Bertz CT molecular complexity index is 1160. The number of anilines is 1. The van der Waals surface area contributed by atoms with Crippen LogP contribution in [0.1, 0.15) is 12.0 Å². The molecule has 0 radical (unpaired) electrons. The minimum atomic E-state index is -0.614. The van der Waals surface area contributed by atoms with Gasteiger partial charge in [0.25, 0.3) is 0 Å². The van der Waals surface area contributed by atoms with Crippen LogP contribution in [0.4, 0.5) is 15.8 Å². The number of rotatable bonds is 6. The molecule has 3 aromatic carbocycles. The van der Waals surface area contributed by atoms with E-state index in [1.807, 2.05) is 30.3 Å². The number of thioether (sulfide) groups is 1. The summed E-state index contributed by atoms with van der Waals surface area (Å²) in [5.74, 6) is -0.845. The normalized spacial score (nSPS) is 17.1. The first-order valence-electron chi connectivity index (χ1n) is 9.89. The molecule has 0 aliphatic carbocycles. The van der Waals surface area contributed by atoms with Crippen LogP contribution >= 0.6 is 23.4 Å². The van der Waals surface area contributed by atoms with Gasteiger partial charge in [0.15, 0.2) is 5.17 Å². The van der Waals surface area contributed by atoms with Crippen molar-refractivity contribution in [2.24, 2.45) is 4.99 Å². The molecule has 0 saturated carbocycles. The quantitative estimate of drug-likeness (QED) is 0.510. The van der Waals surface area contributed by atoms with Gasteiger partial charge in [0.05, 0.1) is 12.2 Å². The molecule has 0 bridgehead atoms. The van der Waals surface area contributed by atoms with Crippen molar-refractivity contribution in [2.75, 3.05) is 5.32 Å². The molecule has 2 amide bonds. The van der Waals surface area contributed by atoms with Crippen LogP contribution in [-0.4, -0.2) is 27.1 Å². The van der Waals surface area contributed by atoms with Crippen molar-refractivity contribution >= 4 is 51.7 Å². The lowest BCUT2D eigenvalue weighted by Gasteiger charge is -2.16. The highest BCUT2D eigenvalue weighted by Gasteiger charge is 2.39. The lowest BCUT2D eigenvalue weighted by molar-refractivity contribution is -0.128. The fraction of sp³-hybridized carbons (Fsp3) is 0.125. The van der Waals surface area contributed by atoms with Gasteiger partial charge in [-0.3, -0.25) is 14.5 Å². The van der Waals surface area contributed by atoms with E-state index in [4.69, 9.17) is 11.6 Å². The van der Waals surface area contributed by atoms with E-state index < -0.39 is 5.25 Å². The van der Waals surface area contributed by atoms with Crippen molar-refractivity contribution in [3.05, 3.63) is 95.3 Å². The average molecular weight is 468 g/mol. The Balaban J connectivity index is 1.54. The summed E-state index contributed by atoms with van der Waals surface area (Å²) in [6.45, 7) is 0.332. The van der Waals surface area contributed by atoms with Gasteiger partial charge >= 0.3 is 0 Å². The highest BCUT2D eigenvalue weighted by molar-refractivity contribution is 8.15. The summed E-state index contributed by atoms with van der Waals surface area (Å²) in [4.78, 5) is 31.9. The maximum atomic E-state index is 13.3. The molecule has 1 N–H and O–H groups in total. The summed E-state index contributed by atoms with van der Waals surface area (Å²) in [5, 5.41) is 3.15. The van der Waals surface area contributed by atoms with Crippen LogP contribution in [0.5, 0.6) is 0 Å². The van der Waals surface area contributed by atoms with Gasteiger partial charge in [0, 0.05) is 17.1 Å². The van der Waals surface area contributed by atoms with Crippen LogP contribution in [0.2, 0.25) is 5.02 Å². The predicted octanol–water partition coefficient (Wildman–Crippen LogP) is 5.64. The molecule has 1 heterocycles. The molecule has 0 aromatic heterocycles. The van der Waals surface area contributed by atoms with E-state index in [0.717, 1.165) is 5.56 Å². The van der Waals surface area contributed by atoms with Crippen molar-refractivity contribution in [1.82, 2.24) is 4.90 Å². The fourth-order valence-corrected chi connectivity index (χ4v) is 4.56. The van der Waals surface area contributed by atoms with E-state index in [1.165, 1.54) is 23.9 Å². The first-order chi connectivity index (χ1) is 15.5. The molecule has 162 valence electrons. The van der Waals surface area contributed by atoms with E-state index in [0.29, 0.717) is 28.1 Å². The Hall–Kier alpha value is -3.16. The fourth-order valence-electron chi connectivity index (χ4n) is 3.21. The second-order valence-electron chi connectivity index (χ2n) is 7.15. The van der Waals surface area contributed by atoms with Crippen molar-refractivity contribution in [2.45, 2.75) is 18.2 Å². The molecule has 5 nitrogen and oxygen atoms in total. The largest absolute Gasteiger partial charge is 0.326 e. The van der Waals surface area contributed by atoms with Gasteiger partial charge in [-0.25, -0.2) is 9.38 Å². The lowest BCUT2D eigenvalue weighted by Crippen LogP contribution is -2.33. The Labute approximate surface area is 194 Å². The highest BCUT2D eigenvalue weighted by atomic mass is 35.5. The Morgan fingerprint density at radius 1 is 1.06 bits per heavy atom. The zero-order chi connectivity index (χ0) is 22.5. The predicted molar refractivity (Wildman–Crippen MR) is 127 cm³/mol. The number of hydrogen-bond donors (Lipinski definition) is 1. The van der Waals surface area contributed by atoms with E-state index in [1.54, 1.807) is 41.3 Å². The topological polar surface area (TPSA) is 61.8 Å². The maximum Gasteiger partial charge on any atom is 0.242 e. The summed E-state index contributed by atoms with van der Waals surface area (Å²) in [6, 6.07) is 22.1. The van der Waals surface area contributed by atoms with Gasteiger partial charge in [-0.05, 0) is 48.0 Å². The number of carbonyl (C=O) groups excluding carboxylic acids is 2. The SMILES string of the molecule is O=C(C[C@H]1SC(=Nc2ccc(F)cc2)N(Cc2ccccc2)C1=O)Nc1cccc(Cl)c1. The number of nitrogens with one attached hydrogen (secondary N) is 1. The molecule has 0 unspecified atom stereocenters. The average Bonchev–Trinajstić information content (AvgIpc) is 3.05. The summed E-state index contributed by atoms with van der Waals surface area (Å²) in [5.41, 5.74) is 2.04. The van der Waals surface area contributed by atoms with Crippen molar-refractivity contribution in [3.8, 4) is 0 Å². The van der Waals surface area contributed by atoms with Crippen LogP contribution in [0.3, 0.4) is 0 Å². The maximum absolute atomic E-state index is 13.3. The van der Waals surface area contributed by atoms with Crippen molar-refractivity contribution < 1.29 is 14.0 Å². The van der Waals surface area contributed by atoms with E-state index in [9.17, 15) is 14.0 Å². The van der Waals surface area contributed by atoms with Crippen molar-refractivity contribution in [1.29, 1.82) is 0 Å². The van der Waals surface area contributed by atoms with E-state index in [-0.39, 0.29) is 24.1 Å². The van der Waals surface area contributed by atoms with Gasteiger partial charge in [0.1, 0.15) is 11.1 Å². The molecule has 3 aromatic rings. The summed E-state index contributed by atoms with van der Waals surface area (Å²) in [6.07, 6.45) is -0.0102.